The molecule has 0 spiro atoms. The van der Waals surface area contributed by atoms with E-state index in [0.717, 1.165) is 26.8 Å². The summed E-state index contributed by atoms with van der Waals surface area (Å²) < 4.78 is 0.810. The van der Waals surface area contributed by atoms with Gasteiger partial charge in [0.1, 0.15) is 0 Å². The minimum Gasteiger partial charge on any atom is -0.374 e. The second kappa shape index (κ2) is 7.51. The van der Waals surface area contributed by atoms with Crippen LogP contribution in [0, 0.1) is 13.8 Å². The summed E-state index contributed by atoms with van der Waals surface area (Å²) in [5.41, 5.74) is 9.58. The lowest BCUT2D eigenvalue weighted by molar-refractivity contribution is -0.115. The molecule has 3 rings (SSSR count). The SMILES string of the molecule is CC(=O)N(c1nc(CSc2nnc(N)s2)cs1)c1cccc(C)c1C. The van der Waals surface area contributed by atoms with Gasteiger partial charge in [0, 0.05) is 18.1 Å². The number of aromatic nitrogens is 3. The lowest BCUT2D eigenvalue weighted by atomic mass is 10.1. The second-order valence-electron chi connectivity index (χ2n) is 5.39. The van der Waals surface area contributed by atoms with E-state index >= 15 is 0 Å². The van der Waals surface area contributed by atoms with Crippen LogP contribution >= 0.6 is 34.4 Å². The van der Waals surface area contributed by atoms with Gasteiger partial charge in [-0.05, 0) is 31.0 Å². The molecular weight excluding hydrogens is 374 g/mol. The van der Waals surface area contributed by atoms with Gasteiger partial charge in [-0.25, -0.2) is 4.98 Å². The van der Waals surface area contributed by atoms with Gasteiger partial charge in [0.15, 0.2) is 9.47 Å². The van der Waals surface area contributed by atoms with Crippen molar-refractivity contribution in [3.05, 3.63) is 40.4 Å². The zero-order chi connectivity index (χ0) is 18.0. The molecule has 0 unspecified atom stereocenters. The van der Waals surface area contributed by atoms with E-state index in [1.807, 2.05) is 37.4 Å². The number of thioether (sulfide) groups is 1. The first-order chi connectivity index (χ1) is 12.0. The third-order valence-corrected chi connectivity index (χ3v) is 6.42. The minimum atomic E-state index is -0.0563. The van der Waals surface area contributed by atoms with Gasteiger partial charge in [-0.15, -0.1) is 21.5 Å². The van der Waals surface area contributed by atoms with Crippen LogP contribution in [0.15, 0.2) is 27.9 Å². The van der Waals surface area contributed by atoms with Crippen LogP contribution < -0.4 is 10.6 Å². The fourth-order valence-electron chi connectivity index (χ4n) is 2.26. The van der Waals surface area contributed by atoms with Crippen LogP contribution in [0.5, 0.6) is 0 Å². The lowest BCUT2D eigenvalue weighted by Crippen LogP contribution is -2.23. The fraction of sp³-hybridized carbons (Fsp3) is 0.250. The number of aryl methyl sites for hydroxylation is 1. The Morgan fingerprint density at radius 2 is 2.12 bits per heavy atom. The first kappa shape index (κ1) is 17.8. The zero-order valence-electron chi connectivity index (χ0n) is 14.0. The van der Waals surface area contributed by atoms with Gasteiger partial charge in [0.25, 0.3) is 0 Å². The maximum atomic E-state index is 12.3. The van der Waals surface area contributed by atoms with Gasteiger partial charge in [0.05, 0.1) is 11.4 Å². The number of nitrogens with zero attached hydrogens (tertiary/aromatic N) is 4. The van der Waals surface area contributed by atoms with Gasteiger partial charge < -0.3 is 5.73 Å². The van der Waals surface area contributed by atoms with Crippen LogP contribution in [-0.2, 0) is 10.5 Å². The third-order valence-electron chi connectivity index (χ3n) is 3.63. The average Bonchev–Trinajstić information content (AvgIpc) is 3.18. The van der Waals surface area contributed by atoms with Crippen molar-refractivity contribution in [3.8, 4) is 0 Å². The number of carbonyl (C=O) groups excluding carboxylic acids is 1. The van der Waals surface area contributed by atoms with Gasteiger partial charge in [0.2, 0.25) is 11.0 Å². The Balaban J connectivity index is 1.82. The van der Waals surface area contributed by atoms with Crippen molar-refractivity contribution >= 4 is 56.3 Å². The molecule has 0 aliphatic rings. The molecule has 2 aromatic heterocycles. The van der Waals surface area contributed by atoms with Crippen molar-refractivity contribution in [1.29, 1.82) is 0 Å². The number of hydrogen-bond acceptors (Lipinski definition) is 8. The normalized spacial score (nSPS) is 10.8. The molecule has 2 N–H and O–H groups in total. The van der Waals surface area contributed by atoms with Crippen molar-refractivity contribution in [2.45, 2.75) is 30.9 Å². The molecule has 2 heterocycles. The molecule has 130 valence electrons. The first-order valence-electron chi connectivity index (χ1n) is 7.49. The zero-order valence-corrected chi connectivity index (χ0v) is 16.5. The Kier molecular flexibility index (Phi) is 5.36. The number of rotatable bonds is 5. The smallest absolute Gasteiger partial charge is 0.230 e. The largest absolute Gasteiger partial charge is 0.374 e. The van der Waals surface area contributed by atoms with E-state index < -0.39 is 0 Å². The van der Waals surface area contributed by atoms with Gasteiger partial charge in [-0.2, -0.15) is 0 Å². The highest BCUT2D eigenvalue weighted by atomic mass is 32.2. The Hall–Kier alpha value is -1.97. The van der Waals surface area contributed by atoms with Crippen molar-refractivity contribution in [1.82, 2.24) is 15.2 Å². The quantitative estimate of drug-likeness (QED) is 0.657. The van der Waals surface area contributed by atoms with Gasteiger partial charge in [-0.3, -0.25) is 9.69 Å². The maximum absolute atomic E-state index is 12.3. The van der Waals surface area contributed by atoms with Gasteiger partial charge >= 0.3 is 0 Å². The van der Waals surface area contributed by atoms with E-state index in [0.29, 0.717) is 16.0 Å². The molecule has 0 saturated heterocycles. The Bertz CT molecular complexity index is 905. The summed E-state index contributed by atoms with van der Waals surface area (Å²) in [6, 6.07) is 5.94. The molecule has 1 amide bonds. The van der Waals surface area contributed by atoms with E-state index in [9.17, 15) is 4.79 Å². The van der Waals surface area contributed by atoms with Crippen LogP contribution in [0.25, 0.3) is 0 Å². The maximum Gasteiger partial charge on any atom is 0.230 e. The van der Waals surface area contributed by atoms with Gasteiger partial charge in [-0.1, -0.05) is 35.2 Å². The summed E-state index contributed by atoms with van der Waals surface area (Å²) in [4.78, 5) is 18.6. The molecule has 6 nitrogen and oxygen atoms in total. The molecule has 0 aliphatic carbocycles. The number of hydrogen-bond donors (Lipinski definition) is 1. The molecular formula is C16H17N5OS3. The molecule has 9 heteroatoms. The Morgan fingerprint density at radius 1 is 1.32 bits per heavy atom. The number of amides is 1. The topological polar surface area (TPSA) is 85.0 Å². The summed E-state index contributed by atoms with van der Waals surface area (Å²) in [5.74, 6) is 0.600. The van der Waals surface area contributed by atoms with E-state index in [-0.39, 0.29) is 5.91 Å². The summed E-state index contributed by atoms with van der Waals surface area (Å²) in [6.07, 6.45) is 0. The summed E-state index contributed by atoms with van der Waals surface area (Å²) in [6.45, 7) is 5.61. The monoisotopic (exact) mass is 391 g/mol. The Labute approximate surface area is 158 Å². The summed E-state index contributed by atoms with van der Waals surface area (Å²) in [7, 11) is 0. The van der Waals surface area contributed by atoms with E-state index in [1.54, 1.807) is 11.8 Å². The molecule has 0 saturated carbocycles. The standard InChI is InChI=1S/C16H17N5OS3/c1-9-5-4-6-13(10(9)2)21(11(3)22)15-18-12(7-23-15)8-24-16-20-19-14(17)25-16/h4-7H,8H2,1-3H3,(H2,17,19). The molecule has 0 bridgehead atoms. The van der Waals surface area contributed by atoms with Crippen molar-refractivity contribution in [3.63, 3.8) is 0 Å². The highest BCUT2D eigenvalue weighted by Crippen LogP contribution is 2.34. The van der Waals surface area contributed by atoms with Crippen LogP contribution in [0.1, 0.15) is 23.7 Å². The number of benzene rings is 1. The number of carbonyl (C=O) groups is 1. The number of thiazole rings is 1. The summed E-state index contributed by atoms with van der Waals surface area (Å²) in [5, 5.41) is 10.9. The highest BCUT2D eigenvalue weighted by molar-refractivity contribution is 8.00. The predicted molar refractivity (Wildman–Crippen MR) is 105 cm³/mol. The predicted octanol–water partition coefficient (Wildman–Crippen LogP) is 4.17. The number of nitrogen functional groups attached to an aromatic ring is 1. The molecule has 1 aromatic carbocycles. The second-order valence-corrected chi connectivity index (χ2v) is 8.46. The van der Waals surface area contributed by atoms with Crippen LogP contribution in [0.2, 0.25) is 0 Å². The van der Waals surface area contributed by atoms with E-state index in [2.05, 4.69) is 15.2 Å². The lowest BCUT2D eigenvalue weighted by Gasteiger charge is -2.21. The van der Waals surface area contributed by atoms with E-state index in [4.69, 9.17) is 5.73 Å². The van der Waals surface area contributed by atoms with Crippen molar-refractivity contribution in [2.24, 2.45) is 0 Å². The first-order valence-corrected chi connectivity index (χ1v) is 10.2. The number of nitrogens with two attached hydrogens (primary N) is 1. The van der Waals surface area contributed by atoms with Crippen LogP contribution in [0.3, 0.4) is 0 Å². The fourth-order valence-corrected chi connectivity index (χ4v) is 4.78. The molecule has 0 fully saturated rings. The van der Waals surface area contributed by atoms with E-state index in [1.165, 1.54) is 34.4 Å². The molecule has 0 atom stereocenters. The molecule has 0 aliphatic heterocycles. The van der Waals surface area contributed by atoms with Crippen molar-refractivity contribution < 1.29 is 4.79 Å². The average molecular weight is 392 g/mol. The Morgan fingerprint density at radius 3 is 2.80 bits per heavy atom. The third kappa shape index (κ3) is 4.00. The molecule has 3 aromatic rings. The summed E-state index contributed by atoms with van der Waals surface area (Å²) >= 11 is 4.35. The minimum absolute atomic E-state index is 0.0563. The highest BCUT2D eigenvalue weighted by Gasteiger charge is 2.20. The van der Waals surface area contributed by atoms with Crippen LogP contribution in [0.4, 0.5) is 16.0 Å². The number of anilines is 3. The van der Waals surface area contributed by atoms with Crippen molar-refractivity contribution in [2.75, 3.05) is 10.6 Å². The van der Waals surface area contributed by atoms with Crippen LogP contribution in [-0.4, -0.2) is 21.1 Å². The molecule has 0 radical (unpaired) electrons. The molecule has 25 heavy (non-hydrogen) atoms.